The number of carbonyl (C=O) groups is 1. The quantitative estimate of drug-likeness (QED) is 0.874. The summed E-state index contributed by atoms with van der Waals surface area (Å²) in [5, 5.41) is 0. The van der Waals surface area contributed by atoms with Crippen LogP contribution in [0.25, 0.3) is 0 Å². The third kappa shape index (κ3) is 3.08. The molecular formula is C16H19N3O2. The molecule has 2 N–H and O–H groups in total. The Morgan fingerprint density at radius 3 is 2.52 bits per heavy atom. The van der Waals surface area contributed by atoms with Gasteiger partial charge in [0.25, 0.3) is 5.91 Å². The smallest absolute Gasteiger partial charge is 0.256 e. The molecule has 0 bridgehead atoms. The van der Waals surface area contributed by atoms with Crippen molar-refractivity contribution in [3.05, 3.63) is 54.0 Å². The van der Waals surface area contributed by atoms with Crippen molar-refractivity contribution < 1.29 is 9.21 Å². The number of nitrogens with two attached hydrogens (primary N) is 1. The topological polar surface area (TPSA) is 62.7 Å². The largest absolute Gasteiger partial charge is 0.468 e. The maximum absolute atomic E-state index is 12.5. The Labute approximate surface area is 123 Å². The molecule has 1 amide bonds. The molecule has 5 heteroatoms. The van der Waals surface area contributed by atoms with Crippen molar-refractivity contribution in [2.75, 3.05) is 31.9 Å². The Kier molecular flexibility index (Phi) is 3.92. The lowest BCUT2D eigenvalue weighted by atomic mass is 10.1. The second-order valence-electron chi connectivity index (χ2n) is 5.23. The molecule has 2 heterocycles. The molecule has 1 saturated heterocycles. The highest BCUT2D eigenvalue weighted by Crippen LogP contribution is 2.16. The highest BCUT2D eigenvalue weighted by atomic mass is 16.3. The molecule has 21 heavy (non-hydrogen) atoms. The van der Waals surface area contributed by atoms with E-state index in [1.54, 1.807) is 18.4 Å². The number of para-hydroxylation sites is 1. The summed E-state index contributed by atoms with van der Waals surface area (Å²) < 4.78 is 5.36. The maximum atomic E-state index is 12.5. The number of rotatable bonds is 3. The summed E-state index contributed by atoms with van der Waals surface area (Å²) in [7, 11) is 0. The van der Waals surface area contributed by atoms with Gasteiger partial charge in [0.05, 0.1) is 18.4 Å². The first-order chi connectivity index (χ1) is 10.2. The van der Waals surface area contributed by atoms with Gasteiger partial charge in [-0.25, -0.2) is 0 Å². The lowest BCUT2D eigenvalue weighted by molar-refractivity contribution is 0.0621. The molecule has 0 unspecified atom stereocenters. The van der Waals surface area contributed by atoms with Crippen LogP contribution in [-0.2, 0) is 6.54 Å². The Morgan fingerprint density at radius 1 is 1.10 bits per heavy atom. The highest BCUT2D eigenvalue weighted by molar-refractivity contribution is 5.99. The summed E-state index contributed by atoms with van der Waals surface area (Å²) in [6.07, 6.45) is 1.69. The van der Waals surface area contributed by atoms with Crippen LogP contribution in [0.4, 0.5) is 5.69 Å². The molecule has 0 radical (unpaired) electrons. The first kappa shape index (κ1) is 13.7. The number of hydrogen-bond donors (Lipinski definition) is 1. The van der Waals surface area contributed by atoms with E-state index in [2.05, 4.69) is 4.90 Å². The Bertz CT molecular complexity index is 602. The van der Waals surface area contributed by atoms with E-state index < -0.39 is 0 Å². The lowest BCUT2D eigenvalue weighted by Gasteiger charge is -2.34. The fraction of sp³-hybridized carbons (Fsp3) is 0.312. The Morgan fingerprint density at radius 2 is 1.86 bits per heavy atom. The summed E-state index contributed by atoms with van der Waals surface area (Å²) in [5.74, 6) is 0.979. The lowest BCUT2D eigenvalue weighted by Crippen LogP contribution is -2.48. The van der Waals surface area contributed by atoms with Crippen molar-refractivity contribution in [2.24, 2.45) is 0 Å². The second-order valence-corrected chi connectivity index (χ2v) is 5.23. The molecule has 1 aliphatic rings. The summed E-state index contributed by atoms with van der Waals surface area (Å²) >= 11 is 0. The Hall–Kier alpha value is -2.27. The minimum absolute atomic E-state index is 0.0192. The molecule has 3 rings (SSSR count). The standard InChI is InChI=1S/C16H19N3O2/c17-15-6-2-1-5-14(15)16(20)19-9-7-18(8-10-19)12-13-4-3-11-21-13/h1-6,11H,7-10,12,17H2. The van der Waals surface area contributed by atoms with Gasteiger partial charge in [0.15, 0.2) is 0 Å². The fourth-order valence-electron chi connectivity index (χ4n) is 2.59. The number of nitrogens with zero attached hydrogens (tertiary/aromatic N) is 2. The van der Waals surface area contributed by atoms with Crippen LogP contribution in [0.5, 0.6) is 0 Å². The zero-order valence-electron chi connectivity index (χ0n) is 11.9. The van der Waals surface area contributed by atoms with E-state index in [4.69, 9.17) is 10.2 Å². The van der Waals surface area contributed by atoms with Gasteiger partial charge in [0.2, 0.25) is 0 Å². The maximum Gasteiger partial charge on any atom is 0.256 e. The molecule has 0 spiro atoms. The van der Waals surface area contributed by atoms with Crippen LogP contribution in [0.3, 0.4) is 0 Å². The number of furan rings is 1. The van der Waals surface area contributed by atoms with Gasteiger partial charge in [0.1, 0.15) is 5.76 Å². The number of amides is 1. The normalized spacial score (nSPS) is 16.1. The molecule has 1 aromatic carbocycles. The van der Waals surface area contributed by atoms with E-state index in [0.29, 0.717) is 24.3 Å². The summed E-state index contributed by atoms with van der Waals surface area (Å²) in [6, 6.07) is 11.1. The SMILES string of the molecule is Nc1ccccc1C(=O)N1CCN(Cc2ccco2)CC1. The second kappa shape index (κ2) is 6.01. The molecule has 1 fully saturated rings. The summed E-state index contributed by atoms with van der Waals surface area (Å²) in [5.41, 5.74) is 7.01. The molecule has 0 atom stereocenters. The predicted octanol–water partition coefficient (Wildman–Crippen LogP) is 1.82. The van der Waals surface area contributed by atoms with Crippen molar-refractivity contribution in [1.29, 1.82) is 0 Å². The predicted molar refractivity (Wildman–Crippen MR) is 80.7 cm³/mol. The van der Waals surface area contributed by atoms with E-state index in [9.17, 15) is 4.79 Å². The Balaban J connectivity index is 1.58. The third-order valence-corrected chi connectivity index (χ3v) is 3.81. The molecular weight excluding hydrogens is 266 g/mol. The van der Waals surface area contributed by atoms with E-state index in [1.807, 2.05) is 29.2 Å². The third-order valence-electron chi connectivity index (χ3n) is 3.81. The molecule has 5 nitrogen and oxygen atoms in total. The van der Waals surface area contributed by atoms with Gasteiger partial charge >= 0.3 is 0 Å². The first-order valence-electron chi connectivity index (χ1n) is 7.12. The number of hydrogen-bond acceptors (Lipinski definition) is 4. The van der Waals surface area contributed by atoms with Crippen molar-refractivity contribution >= 4 is 11.6 Å². The summed E-state index contributed by atoms with van der Waals surface area (Å²) in [4.78, 5) is 16.6. The monoisotopic (exact) mass is 285 g/mol. The molecule has 1 aromatic heterocycles. The van der Waals surface area contributed by atoms with Crippen LogP contribution in [0.1, 0.15) is 16.1 Å². The van der Waals surface area contributed by atoms with Crippen LogP contribution in [0.15, 0.2) is 47.1 Å². The van der Waals surface area contributed by atoms with Crippen LogP contribution < -0.4 is 5.73 Å². The molecule has 110 valence electrons. The fourth-order valence-corrected chi connectivity index (χ4v) is 2.59. The average Bonchev–Trinajstić information content (AvgIpc) is 3.01. The number of benzene rings is 1. The molecule has 2 aromatic rings. The van der Waals surface area contributed by atoms with Crippen molar-refractivity contribution in [1.82, 2.24) is 9.80 Å². The summed E-state index contributed by atoms with van der Waals surface area (Å²) in [6.45, 7) is 3.92. The minimum Gasteiger partial charge on any atom is -0.468 e. The van der Waals surface area contributed by atoms with Gasteiger partial charge in [-0.1, -0.05) is 12.1 Å². The zero-order valence-corrected chi connectivity index (χ0v) is 11.9. The number of carbonyl (C=O) groups excluding carboxylic acids is 1. The van der Waals surface area contributed by atoms with Gasteiger partial charge < -0.3 is 15.1 Å². The molecule has 0 aliphatic carbocycles. The van der Waals surface area contributed by atoms with Gasteiger partial charge in [-0.3, -0.25) is 9.69 Å². The molecule has 0 saturated carbocycles. The van der Waals surface area contributed by atoms with Crippen molar-refractivity contribution in [3.63, 3.8) is 0 Å². The van der Waals surface area contributed by atoms with Crippen LogP contribution in [-0.4, -0.2) is 41.9 Å². The number of anilines is 1. The van der Waals surface area contributed by atoms with E-state index >= 15 is 0 Å². The van der Waals surface area contributed by atoms with Gasteiger partial charge in [-0.05, 0) is 24.3 Å². The number of nitrogen functional groups attached to an aromatic ring is 1. The molecule has 1 aliphatic heterocycles. The van der Waals surface area contributed by atoms with Crippen LogP contribution >= 0.6 is 0 Å². The zero-order chi connectivity index (χ0) is 14.7. The van der Waals surface area contributed by atoms with Gasteiger partial charge in [-0.2, -0.15) is 0 Å². The van der Waals surface area contributed by atoms with E-state index in [-0.39, 0.29) is 5.91 Å². The number of piperazine rings is 1. The van der Waals surface area contributed by atoms with Gasteiger partial charge in [0, 0.05) is 31.9 Å². The first-order valence-corrected chi connectivity index (χ1v) is 7.12. The van der Waals surface area contributed by atoms with E-state index in [0.717, 1.165) is 25.4 Å². The average molecular weight is 285 g/mol. The minimum atomic E-state index is 0.0192. The van der Waals surface area contributed by atoms with E-state index in [1.165, 1.54) is 0 Å². The van der Waals surface area contributed by atoms with Crippen LogP contribution in [0.2, 0.25) is 0 Å². The van der Waals surface area contributed by atoms with Gasteiger partial charge in [-0.15, -0.1) is 0 Å². The van der Waals surface area contributed by atoms with Crippen LogP contribution in [0, 0.1) is 0 Å². The van der Waals surface area contributed by atoms with Crippen molar-refractivity contribution in [2.45, 2.75) is 6.54 Å². The highest BCUT2D eigenvalue weighted by Gasteiger charge is 2.23. The van der Waals surface area contributed by atoms with Crippen molar-refractivity contribution in [3.8, 4) is 0 Å².